The van der Waals surface area contributed by atoms with Crippen molar-refractivity contribution in [2.75, 3.05) is 6.61 Å². The Balaban J connectivity index is 1.55. The zero-order valence-electron chi connectivity index (χ0n) is 19.0. The number of fused-ring (bicyclic) bond motifs is 6. The van der Waals surface area contributed by atoms with Crippen molar-refractivity contribution in [3.05, 3.63) is 80.7 Å². The lowest BCUT2D eigenvalue weighted by atomic mass is 9.79. The Hall–Kier alpha value is -2.16. The normalized spacial score (nSPS) is 28.5. The highest BCUT2D eigenvalue weighted by molar-refractivity contribution is 9.10. The third-order valence-electron chi connectivity index (χ3n) is 7.29. The molecule has 3 heterocycles. The molecule has 0 amide bonds. The predicted octanol–water partition coefficient (Wildman–Crippen LogP) is 6.99. The average Bonchev–Trinajstić information content (AvgIpc) is 3.42. The summed E-state index contributed by atoms with van der Waals surface area (Å²) < 4.78 is 27.8. The van der Waals surface area contributed by atoms with Crippen molar-refractivity contribution < 1.29 is 24.1 Å². The van der Waals surface area contributed by atoms with Gasteiger partial charge in [0.1, 0.15) is 17.6 Å². The molecule has 3 aliphatic rings. The molecule has 7 heteroatoms. The Bertz CT molecular complexity index is 1530. The number of phenols is 1. The third-order valence-corrected chi connectivity index (χ3v) is 8.27. The second kappa shape index (κ2) is 7.43. The molecule has 1 spiro atoms. The lowest BCUT2D eigenvalue weighted by Crippen LogP contribution is -2.50. The molecule has 178 valence electrons. The van der Waals surface area contributed by atoms with Gasteiger partial charge in [-0.05, 0) is 71.8 Å². The van der Waals surface area contributed by atoms with Crippen LogP contribution in [0.4, 0.5) is 0 Å². The van der Waals surface area contributed by atoms with Crippen molar-refractivity contribution in [1.82, 2.24) is 0 Å². The highest BCUT2D eigenvalue weighted by Crippen LogP contribution is 2.60. The molecule has 0 unspecified atom stereocenters. The number of benzene rings is 4. The summed E-state index contributed by atoms with van der Waals surface area (Å²) in [7, 11) is 0. The smallest absolute Gasteiger partial charge is 0.251 e. The first-order valence-corrected chi connectivity index (χ1v) is 13.2. The molecule has 4 aromatic rings. The highest BCUT2D eigenvalue weighted by atomic mass is 79.9. The molecule has 0 radical (unpaired) electrons. The van der Waals surface area contributed by atoms with Crippen LogP contribution in [0.5, 0.6) is 11.5 Å². The first-order chi connectivity index (χ1) is 16.8. The van der Waals surface area contributed by atoms with Crippen LogP contribution in [0.3, 0.4) is 0 Å². The van der Waals surface area contributed by atoms with E-state index in [1.54, 1.807) is 6.07 Å². The van der Waals surface area contributed by atoms with Crippen LogP contribution >= 0.6 is 31.9 Å². The van der Waals surface area contributed by atoms with Gasteiger partial charge < -0.3 is 24.1 Å². The lowest BCUT2D eigenvalue weighted by Gasteiger charge is -2.35. The van der Waals surface area contributed by atoms with E-state index in [0.29, 0.717) is 6.61 Å². The summed E-state index contributed by atoms with van der Waals surface area (Å²) >= 11 is 7.18. The molecule has 35 heavy (non-hydrogen) atoms. The molecule has 0 aromatic heterocycles. The number of hydrogen-bond acceptors (Lipinski definition) is 5. The van der Waals surface area contributed by atoms with Gasteiger partial charge in [-0.2, -0.15) is 0 Å². The van der Waals surface area contributed by atoms with Crippen molar-refractivity contribution in [2.45, 2.75) is 43.5 Å². The van der Waals surface area contributed by atoms with Crippen LogP contribution in [0.2, 0.25) is 0 Å². The maximum atomic E-state index is 11.4. The zero-order chi connectivity index (χ0) is 24.1. The van der Waals surface area contributed by atoms with Crippen molar-refractivity contribution in [2.24, 2.45) is 0 Å². The fourth-order valence-corrected chi connectivity index (χ4v) is 6.77. The summed E-state index contributed by atoms with van der Waals surface area (Å²) in [6, 6.07) is 20.0. The van der Waals surface area contributed by atoms with E-state index in [0.717, 1.165) is 47.4 Å². The third kappa shape index (κ3) is 3.15. The summed E-state index contributed by atoms with van der Waals surface area (Å²) in [6.07, 6.45) is -0.737. The van der Waals surface area contributed by atoms with E-state index < -0.39 is 23.6 Å². The van der Waals surface area contributed by atoms with E-state index in [2.05, 4.69) is 56.1 Å². The van der Waals surface area contributed by atoms with E-state index in [1.807, 2.05) is 44.2 Å². The molecule has 0 bridgehead atoms. The van der Waals surface area contributed by atoms with Gasteiger partial charge in [-0.25, -0.2) is 0 Å². The number of rotatable bonds is 1. The standard InChI is InChI=1S/C28H22Br2O5/c1-27(2)33-22-13-32-28(26(22)35-27)25(23-18-7-5-16(29)11-14(18)3-9-20(23)31)24-19-8-6-17(30)12-15(19)4-10-21(24)34-28/h3-12,22,25-26,31H,13H2,1-2H3/t22-,25-,26-,28-/m1/s1. The van der Waals surface area contributed by atoms with Gasteiger partial charge >= 0.3 is 0 Å². The van der Waals surface area contributed by atoms with Crippen molar-refractivity contribution in [1.29, 1.82) is 0 Å². The van der Waals surface area contributed by atoms with Crippen LogP contribution in [0.15, 0.2) is 69.6 Å². The van der Waals surface area contributed by atoms with E-state index in [-0.39, 0.29) is 11.9 Å². The number of aromatic hydroxyl groups is 1. The Morgan fingerprint density at radius 1 is 0.829 bits per heavy atom. The van der Waals surface area contributed by atoms with Gasteiger partial charge in [0.15, 0.2) is 11.9 Å². The van der Waals surface area contributed by atoms with Crippen LogP contribution < -0.4 is 4.74 Å². The Labute approximate surface area is 219 Å². The molecule has 0 saturated carbocycles. The molecular formula is C28H22Br2O5. The van der Waals surface area contributed by atoms with Crippen LogP contribution in [0, 0.1) is 0 Å². The first-order valence-electron chi connectivity index (χ1n) is 11.6. The van der Waals surface area contributed by atoms with Gasteiger partial charge in [-0.3, -0.25) is 0 Å². The minimum absolute atomic E-state index is 0.194. The highest BCUT2D eigenvalue weighted by Gasteiger charge is 2.68. The van der Waals surface area contributed by atoms with Crippen molar-refractivity contribution in [3.63, 3.8) is 0 Å². The van der Waals surface area contributed by atoms with Crippen molar-refractivity contribution in [3.8, 4) is 11.5 Å². The molecule has 1 N–H and O–H groups in total. The summed E-state index contributed by atoms with van der Waals surface area (Å²) in [5.74, 6) is -1.46. The molecule has 5 nitrogen and oxygen atoms in total. The van der Waals surface area contributed by atoms with Crippen LogP contribution in [-0.2, 0) is 14.2 Å². The Morgan fingerprint density at radius 2 is 1.49 bits per heavy atom. The number of hydrogen-bond donors (Lipinski definition) is 1. The summed E-state index contributed by atoms with van der Waals surface area (Å²) in [4.78, 5) is 0. The average molecular weight is 598 g/mol. The molecule has 0 aliphatic carbocycles. The van der Waals surface area contributed by atoms with Gasteiger partial charge in [0, 0.05) is 20.1 Å². The maximum Gasteiger partial charge on any atom is 0.251 e. The molecular weight excluding hydrogens is 576 g/mol. The molecule has 3 aliphatic heterocycles. The van der Waals surface area contributed by atoms with Crippen LogP contribution in [0.25, 0.3) is 21.5 Å². The minimum atomic E-state index is -1.18. The largest absolute Gasteiger partial charge is 0.508 e. The predicted molar refractivity (Wildman–Crippen MR) is 140 cm³/mol. The van der Waals surface area contributed by atoms with Crippen LogP contribution in [-0.4, -0.2) is 35.5 Å². The maximum absolute atomic E-state index is 11.4. The number of halogens is 2. The Kier molecular flexibility index (Phi) is 4.69. The van der Waals surface area contributed by atoms with Gasteiger partial charge in [0.05, 0.1) is 12.5 Å². The quantitative estimate of drug-likeness (QED) is 0.256. The van der Waals surface area contributed by atoms with Gasteiger partial charge in [-0.15, -0.1) is 0 Å². The SMILES string of the molecule is CC1(C)O[C@@H]2[C@@H](CO[C@]23Oc2ccc4cc(Br)ccc4c2[C@H]3c2c(O)ccc3cc(Br)ccc23)O1. The Morgan fingerprint density at radius 3 is 2.20 bits per heavy atom. The van der Waals surface area contributed by atoms with Crippen LogP contribution in [0.1, 0.15) is 30.9 Å². The molecule has 7 rings (SSSR count). The zero-order valence-corrected chi connectivity index (χ0v) is 22.2. The molecule has 2 fully saturated rings. The molecule has 2 saturated heterocycles. The summed E-state index contributed by atoms with van der Waals surface area (Å²) in [5, 5.41) is 15.4. The van der Waals surface area contributed by atoms with E-state index in [1.165, 1.54) is 0 Å². The molecule has 4 aromatic carbocycles. The van der Waals surface area contributed by atoms with E-state index >= 15 is 0 Å². The number of ether oxygens (including phenoxy) is 4. The number of phenolic OH excluding ortho intramolecular Hbond substituents is 1. The molecule has 4 atom stereocenters. The van der Waals surface area contributed by atoms with Gasteiger partial charge in [0.2, 0.25) is 0 Å². The van der Waals surface area contributed by atoms with E-state index in [9.17, 15) is 5.11 Å². The minimum Gasteiger partial charge on any atom is -0.508 e. The topological polar surface area (TPSA) is 57.2 Å². The van der Waals surface area contributed by atoms with Gasteiger partial charge in [-0.1, -0.05) is 56.1 Å². The first kappa shape index (κ1) is 22.1. The van der Waals surface area contributed by atoms with Crippen molar-refractivity contribution >= 4 is 53.4 Å². The second-order valence-electron chi connectivity index (χ2n) is 9.87. The van der Waals surface area contributed by atoms with Gasteiger partial charge in [0.25, 0.3) is 5.79 Å². The second-order valence-corrected chi connectivity index (χ2v) is 11.7. The lowest BCUT2D eigenvalue weighted by molar-refractivity contribution is -0.245. The summed E-state index contributed by atoms with van der Waals surface area (Å²) in [6.45, 7) is 4.17. The fourth-order valence-electron chi connectivity index (χ4n) is 6.01. The monoisotopic (exact) mass is 596 g/mol. The van der Waals surface area contributed by atoms with E-state index in [4.69, 9.17) is 18.9 Å². The summed E-state index contributed by atoms with van der Waals surface area (Å²) in [5.41, 5.74) is 1.74. The fraction of sp³-hybridized carbons (Fsp3) is 0.286.